The van der Waals surface area contributed by atoms with Crippen molar-refractivity contribution in [3.63, 3.8) is 0 Å². The Labute approximate surface area is 116 Å². The lowest BCUT2D eigenvalue weighted by Gasteiger charge is -2.16. The molecule has 3 heteroatoms. The van der Waals surface area contributed by atoms with Gasteiger partial charge in [-0.15, -0.1) is 0 Å². The van der Waals surface area contributed by atoms with Crippen LogP contribution in [-0.2, 0) is 0 Å². The predicted molar refractivity (Wildman–Crippen MR) is 84.3 cm³/mol. The van der Waals surface area contributed by atoms with Gasteiger partial charge in [0.05, 0.1) is 0 Å². The summed E-state index contributed by atoms with van der Waals surface area (Å²) in [4.78, 5) is 0.468. The number of unbranched alkanes of at least 4 members (excludes halogenated alkanes) is 2. The fraction of sp³-hybridized carbons (Fsp3) is 0.533. The van der Waals surface area contributed by atoms with Gasteiger partial charge in [0.25, 0.3) is 0 Å². The highest BCUT2D eigenvalue weighted by atomic mass is 32.1. The lowest BCUT2D eigenvalue weighted by Crippen LogP contribution is -2.16. The molecule has 0 aliphatic rings. The van der Waals surface area contributed by atoms with Crippen LogP contribution in [0.2, 0.25) is 0 Å². The average molecular weight is 264 g/mol. The normalized spacial score (nSPS) is 12.2. The first kappa shape index (κ1) is 15.0. The third kappa shape index (κ3) is 4.65. The first-order valence-corrected chi connectivity index (χ1v) is 7.12. The Morgan fingerprint density at radius 3 is 2.67 bits per heavy atom. The quantitative estimate of drug-likeness (QED) is 0.577. The zero-order valence-electron chi connectivity index (χ0n) is 11.6. The minimum absolute atomic E-state index is 0.468. The topological polar surface area (TPSA) is 38.0 Å². The molecule has 1 rings (SSSR count). The number of anilines is 1. The number of benzene rings is 1. The van der Waals surface area contributed by atoms with Crippen molar-refractivity contribution in [2.75, 3.05) is 5.32 Å². The fourth-order valence-corrected chi connectivity index (χ4v) is 2.32. The number of nitrogens with two attached hydrogens (primary N) is 1. The predicted octanol–water partition coefficient (Wildman–Crippen LogP) is 4.01. The first-order valence-electron chi connectivity index (χ1n) is 6.71. The Hall–Kier alpha value is -1.09. The second-order valence-electron chi connectivity index (χ2n) is 4.94. The molecule has 1 atom stereocenters. The lowest BCUT2D eigenvalue weighted by atomic mass is 10.1. The van der Waals surface area contributed by atoms with Crippen LogP contribution in [-0.4, -0.2) is 11.0 Å². The third-order valence-corrected chi connectivity index (χ3v) is 3.37. The van der Waals surface area contributed by atoms with Gasteiger partial charge in [-0.25, -0.2) is 0 Å². The van der Waals surface area contributed by atoms with E-state index in [1.54, 1.807) is 0 Å². The highest BCUT2D eigenvalue weighted by Crippen LogP contribution is 2.17. The molecule has 18 heavy (non-hydrogen) atoms. The summed E-state index contributed by atoms with van der Waals surface area (Å²) in [6.07, 6.45) is 5.08. The van der Waals surface area contributed by atoms with E-state index in [1.807, 2.05) is 13.0 Å². The number of aryl methyl sites for hydroxylation is 1. The summed E-state index contributed by atoms with van der Waals surface area (Å²) in [6.45, 7) is 6.50. The summed E-state index contributed by atoms with van der Waals surface area (Å²) in [7, 11) is 0. The zero-order valence-corrected chi connectivity index (χ0v) is 12.4. The van der Waals surface area contributed by atoms with Crippen molar-refractivity contribution in [1.82, 2.24) is 0 Å². The van der Waals surface area contributed by atoms with Crippen LogP contribution in [0.1, 0.15) is 50.7 Å². The van der Waals surface area contributed by atoms with Gasteiger partial charge in [0.2, 0.25) is 0 Å². The van der Waals surface area contributed by atoms with Crippen molar-refractivity contribution in [3.05, 3.63) is 29.3 Å². The molecule has 3 N–H and O–H groups in total. The van der Waals surface area contributed by atoms with Crippen LogP contribution in [0.3, 0.4) is 0 Å². The molecule has 0 aliphatic carbocycles. The molecular weight excluding hydrogens is 240 g/mol. The molecule has 0 aromatic heterocycles. The van der Waals surface area contributed by atoms with Gasteiger partial charge in [-0.05, 0) is 44.0 Å². The molecule has 0 aliphatic heterocycles. The largest absolute Gasteiger partial charge is 0.389 e. The molecule has 0 spiro atoms. The van der Waals surface area contributed by atoms with Crippen LogP contribution in [0.15, 0.2) is 18.2 Å². The molecule has 0 saturated heterocycles. The van der Waals surface area contributed by atoms with Gasteiger partial charge in [-0.2, -0.15) is 0 Å². The summed E-state index contributed by atoms with van der Waals surface area (Å²) in [5, 5.41) is 3.52. The van der Waals surface area contributed by atoms with Crippen LogP contribution < -0.4 is 11.1 Å². The van der Waals surface area contributed by atoms with E-state index in [0.29, 0.717) is 11.0 Å². The molecule has 1 aromatic rings. The van der Waals surface area contributed by atoms with Crippen molar-refractivity contribution >= 4 is 22.9 Å². The first-order chi connectivity index (χ1) is 8.54. The minimum atomic E-state index is 0.468. The van der Waals surface area contributed by atoms with E-state index < -0.39 is 0 Å². The standard InChI is InChI=1S/C15H24N2S/c1-4-5-6-7-12(3)17-13-8-9-14(15(16)18)11(2)10-13/h8-10,12,17H,4-7H2,1-3H3,(H2,16,18). The maximum absolute atomic E-state index is 5.66. The molecule has 0 radical (unpaired) electrons. The Morgan fingerprint density at radius 1 is 1.39 bits per heavy atom. The van der Waals surface area contributed by atoms with E-state index in [4.69, 9.17) is 18.0 Å². The van der Waals surface area contributed by atoms with Gasteiger partial charge < -0.3 is 11.1 Å². The molecule has 1 unspecified atom stereocenters. The minimum Gasteiger partial charge on any atom is -0.389 e. The van der Waals surface area contributed by atoms with Crippen molar-refractivity contribution in [2.24, 2.45) is 5.73 Å². The highest BCUT2D eigenvalue weighted by Gasteiger charge is 2.05. The second kappa shape index (κ2) is 7.37. The van der Waals surface area contributed by atoms with Gasteiger partial charge in [0.1, 0.15) is 4.99 Å². The zero-order chi connectivity index (χ0) is 13.5. The number of nitrogens with one attached hydrogen (secondary N) is 1. The fourth-order valence-electron chi connectivity index (χ4n) is 2.09. The maximum atomic E-state index is 5.66. The van der Waals surface area contributed by atoms with Gasteiger partial charge in [-0.1, -0.05) is 38.4 Å². The number of hydrogen-bond donors (Lipinski definition) is 2. The molecule has 100 valence electrons. The summed E-state index contributed by atoms with van der Waals surface area (Å²) in [5.74, 6) is 0. The van der Waals surface area contributed by atoms with E-state index in [0.717, 1.165) is 16.8 Å². The second-order valence-corrected chi connectivity index (χ2v) is 5.37. The smallest absolute Gasteiger partial charge is 0.104 e. The van der Waals surface area contributed by atoms with Crippen molar-refractivity contribution in [1.29, 1.82) is 0 Å². The van der Waals surface area contributed by atoms with Crippen molar-refractivity contribution in [3.8, 4) is 0 Å². The van der Waals surface area contributed by atoms with Crippen molar-refractivity contribution in [2.45, 2.75) is 52.5 Å². The number of thiocarbonyl (C=S) groups is 1. The number of rotatable bonds is 7. The van der Waals surface area contributed by atoms with Crippen LogP contribution in [0.5, 0.6) is 0 Å². The molecule has 0 amide bonds. The van der Waals surface area contributed by atoms with Crippen LogP contribution in [0.4, 0.5) is 5.69 Å². The van der Waals surface area contributed by atoms with E-state index >= 15 is 0 Å². The molecule has 0 fully saturated rings. The van der Waals surface area contributed by atoms with E-state index in [1.165, 1.54) is 25.7 Å². The highest BCUT2D eigenvalue weighted by molar-refractivity contribution is 7.80. The summed E-state index contributed by atoms with van der Waals surface area (Å²) < 4.78 is 0. The Morgan fingerprint density at radius 2 is 2.11 bits per heavy atom. The average Bonchev–Trinajstić information content (AvgIpc) is 2.28. The van der Waals surface area contributed by atoms with Gasteiger partial charge >= 0.3 is 0 Å². The molecular formula is C15H24N2S. The van der Waals surface area contributed by atoms with Crippen molar-refractivity contribution < 1.29 is 0 Å². The Bertz CT molecular complexity index is 401. The van der Waals surface area contributed by atoms with Crippen LogP contribution in [0.25, 0.3) is 0 Å². The van der Waals surface area contributed by atoms with Gasteiger partial charge in [0.15, 0.2) is 0 Å². The molecule has 2 nitrogen and oxygen atoms in total. The third-order valence-electron chi connectivity index (χ3n) is 3.15. The Kier molecular flexibility index (Phi) is 6.13. The molecule has 0 heterocycles. The van der Waals surface area contributed by atoms with E-state index in [-0.39, 0.29) is 0 Å². The summed E-state index contributed by atoms with van der Waals surface area (Å²) >= 11 is 5.01. The SMILES string of the molecule is CCCCCC(C)Nc1ccc(C(N)=S)c(C)c1. The maximum Gasteiger partial charge on any atom is 0.104 e. The van der Waals surface area contributed by atoms with Crippen LogP contribution in [0, 0.1) is 6.92 Å². The monoisotopic (exact) mass is 264 g/mol. The number of hydrogen-bond acceptors (Lipinski definition) is 2. The summed E-state index contributed by atoms with van der Waals surface area (Å²) in [5.41, 5.74) is 8.91. The molecule has 0 saturated carbocycles. The molecule has 1 aromatic carbocycles. The lowest BCUT2D eigenvalue weighted by molar-refractivity contribution is 0.615. The van der Waals surface area contributed by atoms with Gasteiger partial charge in [0, 0.05) is 17.3 Å². The summed E-state index contributed by atoms with van der Waals surface area (Å²) in [6, 6.07) is 6.67. The van der Waals surface area contributed by atoms with Crippen LogP contribution >= 0.6 is 12.2 Å². The van der Waals surface area contributed by atoms with Gasteiger partial charge in [-0.3, -0.25) is 0 Å². The van der Waals surface area contributed by atoms with E-state index in [2.05, 4.69) is 31.3 Å². The van der Waals surface area contributed by atoms with E-state index in [9.17, 15) is 0 Å². The Balaban J connectivity index is 2.57. The molecule has 0 bridgehead atoms.